The number of carbonyl (C=O) groups excluding carboxylic acids is 1. The molecule has 0 atom stereocenters. The molecule has 0 aromatic carbocycles. The van der Waals surface area contributed by atoms with E-state index in [-0.39, 0.29) is 0 Å². The lowest BCUT2D eigenvalue weighted by molar-refractivity contribution is 0.0998. The number of hydrogen-bond donors (Lipinski definition) is 0. The highest BCUT2D eigenvalue weighted by Crippen LogP contribution is 2.36. The number of hydrogen-bond acceptors (Lipinski definition) is 2. The second-order valence-corrected chi connectivity index (χ2v) is 5.06. The molecule has 0 amide bonds. The van der Waals surface area contributed by atoms with Gasteiger partial charge in [-0.3, -0.25) is 4.79 Å². The van der Waals surface area contributed by atoms with Crippen LogP contribution in [0.25, 0.3) is 12.2 Å². The van der Waals surface area contributed by atoms with E-state index in [4.69, 9.17) is 0 Å². The van der Waals surface area contributed by atoms with E-state index in [1.807, 2.05) is 6.08 Å². The maximum Gasteiger partial charge on any atom is 0.177 e. The van der Waals surface area contributed by atoms with Crippen LogP contribution in [0.5, 0.6) is 0 Å². The van der Waals surface area contributed by atoms with Gasteiger partial charge in [0.1, 0.15) is 0 Å². The number of Topliss-reactive ketones (excluding diaryl/α,β-unsaturated/α-hetero) is 1. The van der Waals surface area contributed by atoms with Crippen LogP contribution in [-0.4, -0.2) is 5.78 Å². The molecule has 1 heterocycles. The molecule has 0 saturated heterocycles. The monoisotopic (exact) mass is 216 g/mol. The smallest absolute Gasteiger partial charge is 0.177 e. The van der Waals surface area contributed by atoms with E-state index in [2.05, 4.69) is 18.2 Å². The summed E-state index contributed by atoms with van der Waals surface area (Å²) in [5.41, 5.74) is 2.60. The molecule has 76 valence electrons. The quantitative estimate of drug-likeness (QED) is 0.646. The van der Waals surface area contributed by atoms with Gasteiger partial charge in [-0.05, 0) is 36.5 Å². The summed E-state index contributed by atoms with van der Waals surface area (Å²) in [6.45, 7) is 0. The number of thiophene rings is 1. The molecule has 2 heteroatoms. The Morgan fingerprint density at radius 3 is 3.07 bits per heavy atom. The third-order valence-corrected chi connectivity index (χ3v) is 4.24. The standard InChI is InChI=1S/C13H12OS/c14-11-7-4-6-10-9-5-2-1-3-8-12(9)15-13(10)11/h3-4,6,8H,1-2,5,7H2. The van der Waals surface area contributed by atoms with E-state index in [0.717, 1.165) is 17.7 Å². The predicted molar refractivity (Wildman–Crippen MR) is 64.3 cm³/mol. The molecule has 0 N–H and O–H groups in total. The molecule has 0 bridgehead atoms. The number of allylic oxidation sites excluding steroid dienone is 2. The average Bonchev–Trinajstić information content (AvgIpc) is 2.45. The van der Waals surface area contributed by atoms with E-state index >= 15 is 0 Å². The number of carbonyl (C=O) groups is 1. The van der Waals surface area contributed by atoms with Gasteiger partial charge in [0.25, 0.3) is 0 Å². The minimum absolute atomic E-state index is 0.291. The van der Waals surface area contributed by atoms with Gasteiger partial charge in [-0.2, -0.15) is 0 Å². The highest BCUT2D eigenvalue weighted by atomic mass is 32.1. The summed E-state index contributed by atoms with van der Waals surface area (Å²) in [5, 5.41) is 0. The van der Waals surface area contributed by atoms with Crippen LogP contribution >= 0.6 is 11.3 Å². The van der Waals surface area contributed by atoms with Crippen LogP contribution < -0.4 is 0 Å². The second kappa shape index (κ2) is 3.46. The fourth-order valence-corrected chi connectivity index (χ4v) is 3.45. The Morgan fingerprint density at radius 2 is 2.13 bits per heavy atom. The van der Waals surface area contributed by atoms with E-state index in [0.29, 0.717) is 12.2 Å². The zero-order valence-corrected chi connectivity index (χ0v) is 9.27. The van der Waals surface area contributed by atoms with Crippen LogP contribution in [0.4, 0.5) is 0 Å². The molecule has 0 spiro atoms. The van der Waals surface area contributed by atoms with E-state index < -0.39 is 0 Å². The molecule has 0 unspecified atom stereocenters. The van der Waals surface area contributed by atoms with Crippen molar-refractivity contribution in [2.45, 2.75) is 25.7 Å². The van der Waals surface area contributed by atoms with Crippen LogP contribution in [0.3, 0.4) is 0 Å². The Balaban J connectivity index is 2.21. The second-order valence-electron chi connectivity index (χ2n) is 4.01. The van der Waals surface area contributed by atoms with Crippen LogP contribution in [0.1, 0.15) is 44.9 Å². The summed E-state index contributed by atoms with van der Waals surface area (Å²) in [6.07, 6.45) is 12.6. The Hall–Kier alpha value is -1.15. The number of fused-ring (bicyclic) bond motifs is 3. The van der Waals surface area contributed by atoms with E-state index in [9.17, 15) is 4.79 Å². The lowest BCUT2D eigenvalue weighted by Gasteiger charge is -2.05. The van der Waals surface area contributed by atoms with E-state index in [1.165, 1.54) is 22.4 Å². The third kappa shape index (κ3) is 1.40. The predicted octanol–water partition coefficient (Wildman–Crippen LogP) is 3.70. The van der Waals surface area contributed by atoms with E-state index in [1.54, 1.807) is 11.3 Å². The normalized spacial score (nSPS) is 18.5. The van der Waals surface area contributed by atoms with Crippen molar-refractivity contribution in [3.05, 3.63) is 33.0 Å². The molecule has 1 aromatic heterocycles. The van der Waals surface area contributed by atoms with Crippen LogP contribution in [-0.2, 0) is 6.42 Å². The summed E-state index contributed by atoms with van der Waals surface area (Å²) in [4.78, 5) is 14.0. The van der Waals surface area contributed by atoms with Crippen molar-refractivity contribution < 1.29 is 4.79 Å². The first-order chi connectivity index (χ1) is 7.36. The van der Waals surface area contributed by atoms with Gasteiger partial charge in [-0.25, -0.2) is 0 Å². The van der Waals surface area contributed by atoms with Crippen molar-refractivity contribution in [2.24, 2.45) is 0 Å². The fourth-order valence-electron chi connectivity index (χ4n) is 2.24. The van der Waals surface area contributed by atoms with Gasteiger partial charge in [0, 0.05) is 11.3 Å². The largest absolute Gasteiger partial charge is 0.293 e. The highest BCUT2D eigenvalue weighted by Gasteiger charge is 2.22. The lowest BCUT2D eigenvalue weighted by Crippen LogP contribution is -2.01. The van der Waals surface area contributed by atoms with Gasteiger partial charge in [-0.1, -0.05) is 18.2 Å². The molecule has 0 aliphatic heterocycles. The first kappa shape index (κ1) is 9.10. The van der Waals surface area contributed by atoms with Crippen LogP contribution in [0.2, 0.25) is 0 Å². The molecule has 0 radical (unpaired) electrons. The van der Waals surface area contributed by atoms with Gasteiger partial charge in [0.2, 0.25) is 0 Å². The lowest BCUT2D eigenvalue weighted by atomic mass is 9.98. The summed E-state index contributed by atoms with van der Waals surface area (Å²) in [7, 11) is 0. The minimum atomic E-state index is 0.291. The Kier molecular flexibility index (Phi) is 2.10. The third-order valence-electron chi connectivity index (χ3n) is 2.99. The average molecular weight is 216 g/mol. The first-order valence-corrected chi connectivity index (χ1v) is 6.20. The van der Waals surface area contributed by atoms with Crippen molar-refractivity contribution in [3.8, 4) is 0 Å². The number of ketones is 1. The summed E-state index contributed by atoms with van der Waals surface area (Å²) in [5.74, 6) is 0.291. The number of rotatable bonds is 0. The van der Waals surface area contributed by atoms with Crippen molar-refractivity contribution in [1.82, 2.24) is 0 Å². The highest BCUT2D eigenvalue weighted by molar-refractivity contribution is 7.15. The Bertz CT molecular complexity index is 477. The van der Waals surface area contributed by atoms with Crippen LogP contribution in [0.15, 0.2) is 12.2 Å². The van der Waals surface area contributed by atoms with Gasteiger partial charge in [0.05, 0.1) is 4.88 Å². The zero-order chi connectivity index (χ0) is 10.3. The molecule has 1 nitrogen and oxygen atoms in total. The Morgan fingerprint density at radius 1 is 1.20 bits per heavy atom. The van der Waals surface area contributed by atoms with Crippen molar-refractivity contribution in [3.63, 3.8) is 0 Å². The maximum absolute atomic E-state index is 11.7. The Labute approximate surface area is 93.1 Å². The van der Waals surface area contributed by atoms with Gasteiger partial charge in [0.15, 0.2) is 5.78 Å². The minimum Gasteiger partial charge on any atom is -0.293 e. The summed E-state index contributed by atoms with van der Waals surface area (Å²) in [6, 6.07) is 0. The maximum atomic E-state index is 11.7. The van der Waals surface area contributed by atoms with Gasteiger partial charge in [-0.15, -0.1) is 11.3 Å². The molecule has 15 heavy (non-hydrogen) atoms. The topological polar surface area (TPSA) is 17.1 Å². The van der Waals surface area contributed by atoms with Gasteiger partial charge >= 0.3 is 0 Å². The molecule has 2 aliphatic carbocycles. The molecular weight excluding hydrogens is 204 g/mol. The SMILES string of the molecule is O=C1CC=Cc2c1sc1c2CCCC=C1. The molecule has 1 aromatic rings. The first-order valence-electron chi connectivity index (χ1n) is 5.38. The molecule has 3 rings (SSSR count). The van der Waals surface area contributed by atoms with Crippen LogP contribution in [0, 0.1) is 0 Å². The summed E-state index contributed by atoms with van der Waals surface area (Å²) < 4.78 is 0. The van der Waals surface area contributed by atoms with Gasteiger partial charge < -0.3 is 0 Å². The van der Waals surface area contributed by atoms with Crippen molar-refractivity contribution in [2.75, 3.05) is 0 Å². The van der Waals surface area contributed by atoms with Crippen molar-refractivity contribution in [1.29, 1.82) is 0 Å². The zero-order valence-electron chi connectivity index (χ0n) is 8.45. The summed E-state index contributed by atoms with van der Waals surface area (Å²) >= 11 is 1.67. The molecule has 0 fully saturated rings. The fraction of sp³-hybridized carbons (Fsp3) is 0.308. The molecule has 2 aliphatic rings. The van der Waals surface area contributed by atoms with Crippen molar-refractivity contribution >= 4 is 29.3 Å². The molecular formula is C13H12OS. The molecule has 0 saturated carbocycles.